The van der Waals surface area contributed by atoms with Crippen molar-refractivity contribution in [3.05, 3.63) is 60.4 Å². The van der Waals surface area contributed by atoms with E-state index in [1.54, 1.807) is 55.7 Å². The van der Waals surface area contributed by atoms with Crippen LogP contribution in [-0.2, 0) is 16.6 Å². The summed E-state index contributed by atoms with van der Waals surface area (Å²) < 4.78 is 25.8. The number of benzene rings is 1. The molecule has 18 heavy (non-hydrogen) atoms. The molecule has 2 rings (SSSR count). The molecule has 0 spiro atoms. The molecule has 1 aromatic heterocycles. The van der Waals surface area contributed by atoms with E-state index in [1.165, 1.54) is 4.31 Å². The third-order valence-electron chi connectivity index (χ3n) is 2.56. The van der Waals surface area contributed by atoms with E-state index in [2.05, 4.69) is 4.98 Å². The van der Waals surface area contributed by atoms with Gasteiger partial charge in [-0.3, -0.25) is 4.98 Å². The summed E-state index contributed by atoms with van der Waals surface area (Å²) in [4.78, 5) is 4.41. The molecular formula is C13H14N2O2S. The Morgan fingerprint density at radius 2 is 1.72 bits per heavy atom. The minimum atomic E-state index is -3.44. The maximum Gasteiger partial charge on any atom is 0.243 e. The van der Waals surface area contributed by atoms with Gasteiger partial charge in [-0.05, 0) is 24.3 Å². The predicted octanol–water partition coefficient (Wildman–Crippen LogP) is 1.90. The van der Waals surface area contributed by atoms with Crippen molar-refractivity contribution in [3.8, 4) is 0 Å². The topological polar surface area (TPSA) is 50.3 Å². The van der Waals surface area contributed by atoms with Crippen molar-refractivity contribution in [1.29, 1.82) is 0 Å². The first-order valence-electron chi connectivity index (χ1n) is 5.52. The number of rotatable bonds is 4. The number of hydrogen-bond acceptors (Lipinski definition) is 3. The molecule has 0 aliphatic heterocycles. The Balaban J connectivity index is 2.21. The number of pyridine rings is 1. The van der Waals surface area contributed by atoms with Crippen molar-refractivity contribution in [1.82, 2.24) is 9.29 Å². The molecule has 0 saturated carbocycles. The van der Waals surface area contributed by atoms with Crippen LogP contribution in [0.15, 0.2) is 59.6 Å². The normalized spacial score (nSPS) is 11.7. The van der Waals surface area contributed by atoms with Crippen LogP contribution in [0.2, 0.25) is 0 Å². The largest absolute Gasteiger partial charge is 0.260 e. The van der Waals surface area contributed by atoms with Gasteiger partial charge in [0.1, 0.15) is 0 Å². The minimum Gasteiger partial charge on any atom is -0.260 e. The first-order chi connectivity index (χ1) is 8.60. The predicted molar refractivity (Wildman–Crippen MR) is 69.3 cm³/mol. The highest BCUT2D eigenvalue weighted by atomic mass is 32.2. The summed E-state index contributed by atoms with van der Waals surface area (Å²) in [6.07, 6.45) is 1.65. The number of hydrogen-bond donors (Lipinski definition) is 0. The summed E-state index contributed by atoms with van der Waals surface area (Å²) in [5.74, 6) is 0. The van der Waals surface area contributed by atoms with Gasteiger partial charge in [0, 0.05) is 13.2 Å². The molecule has 0 aliphatic carbocycles. The van der Waals surface area contributed by atoms with E-state index in [-0.39, 0.29) is 6.54 Å². The van der Waals surface area contributed by atoms with Gasteiger partial charge in [0.2, 0.25) is 10.0 Å². The van der Waals surface area contributed by atoms with Crippen molar-refractivity contribution in [2.75, 3.05) is 7.05 Å². The van der Waals surface area contributed by atoms with E-state index in [9.17, 15) is 8.42 Å². The van der Waals surface area contributed by atoms with Gasteiger partial charge in [-0.2, -0.15) is 4.31 Å². The zero-order chi connectivity index (χ0) is 13.0. The van der Waals surface area contributed by atoms with Crippen LogP contribution in [0.3, 0.4) is 0 Å². The van der Waals surface area contributed by atoms with E-state index in [1.807, 2.05) is 6.07 Å². The average Bonchev–Trinajstić information content (AvgIpc) is 2.41. The summed E-state index contributed by atoms with van der Waals surface area (Å²) in [6.45, 7) is 0.262. The SMILES string of the molecule is CN(Cc1ccccn1)S(=O)(=O)c1ccccc1. The van der Waals surface area contributed by atoms with Gasteiger partial charge < -0.3 is 0 Å². The van der Waals surface area contributed by atoms with Gasteiger partial charge in [0.05, 0.1) is 17.1 Å². The van der Waals surface area contributed by atoms with Crippen LogP contribution in [0, 0.1) is 0 Å². The molecule has 0 radical (unpaired) electrons. The molecule has 0 unspecified atom stereocenters. The second-order valence-corrected chi connectivity index (χ2v) is 5.94. The van der Waals surface area contributed by atoms with Crippen molar-refractivity contribution in [2.45, 2.75) is 11.4 Å². The smallest absolute Gasteiger partial charge is 0.243 e. The van der Waals surface area contributed by atoms with Crippen LogP contribution in [0.25, 0.3) is 0 Å². The zero-order valence-corrected chi connectivity index (χ0v) is 10.8. The summed E-state index contributed by atoms with van der Waals surface area (Å²) in [6, 6.07) is 13.8. The lowest BCUT2D eigenvalue weighted by Crippen LogP contribution is -2.26. The van der Waals surface area contributed by atoms with Crippen molar-refractivity contribution < 1.29 is 8.42 Å². The summed E-state index contributed by atoms with van der Waals surface area (Å²) in [7, 11) is -1.89. The molecule has 0 N–H and O–H groups in total. The molecule has 1 heterocycles. The molecule has 94 valence electrons. The van der Waals surface area contributed by atoms with Crippen molar-refractivity contribution >= 4 is 10.0 Å². The summed E-state index contributed by atoms with van der Waals surface area (Å²) >= 11 is 0. The average molecular weight is 262 g/mol. The Hall–Kier alpha value is -1.72. The maximum atomic E-state index is 12.2. The Labute approximate surface area is 107 Å². The molecule has 2 aromatic rings. The second-order valence-electron chi connectivity index (χ2n) is 3.90. The number of aromatic nitrogens is 1. The zero-order valence-electron chi connectivity index (χ0n) is 10.0. The standard InChI is InChI=1S/C13H14N2O2S/c1-15(11-12-7-5-6-10-14-12)18(16,17)13-8-3-2-4-9-13/h2-10H,11H2,1H3. The highest BCUT2D eigenvalue weighted by Crippen LogP contribution is 2.15. The van der Waals surface area contributed by atoms with Crippen LogP contribution in [0.5, 0.6) is 0 Å². The Morgan fingerprint density at radius 3 is 2.33 bits per heavy atom. The Bertz CT molecular complexity index is 597. The maximum absolute atomic E-state index is 12.2. The highest BCUT2D eigenvalue weighted by molar-refractivity contribution is 7.89. The Kier molecular flexibility index (Phi) is 3.74. The number of sulfonamides is 1. The molecule has 4 nitrogen and oxygen atoms in total. The van der Waals surface area contributed by atoms with E-state index in [0.717, 1.165) is 5.69 Å². The molecule has 0 amide bonds. The molecule has 0 saturated heterocycles. The molecule has 1 aromatic carbocycles. The molecular weight excluding hydrogens is 248 g/mol. The van der Waals surface area contributed by atoms with Crippen LogP contribution in [-0.4, -0.2) is 24.8 Å². The lowest BCUT2D eigenvalue weighted by atomic mass is 10.3. The van der Waals surface area contributed by atoms with E-state index < -0.39 is 10.0 Å². The third-order valence-corrected chi connectivity index (χ3v) is 4.38. The van der Waals surface area contributed by atoms with Crippen LogP contribution in [0.1, 0.15) is 5.69 Å². The monoisotopic (exact) mass is 262 g/mol. The van der Waals surface area contributed by atoms with Crippen LogP contribution < -0.4 is 0 Å². The third kappa shape index (κ3) is 2.75. The van der Waals surface area contributed by atoms with Gasteiger partial charge in [-0.15, -0.1) is 0 Å². The van der Waals surface area contributed by atoms with Gasteiger partial charge in [0.15, 0.2) is 0 Å². The van der Waals surface area contributed by atoms with Gasteiger partial charge in [-0.25, -0.2) is 8.42 Å². The highest BCUT2D eigenvalue weighted by Gasteiger charge is 2.20. The fourth-order valence-corrected chi connectivity index (χ4v) is 2.74. The molecule has 0 atom stereocenters. The lowest BCUT2D eigenvalue weighted by Gasteiger charge is -2.16. The minimum absolute atomic E-state index is 0.262. The van der Waals surface area contributed by atoms with Crippen LogP contribution >= 0.6 is 0 Å². The fourth-order valence-electron chi connectivity index (χ4n) is 1.58. The number of nitrogens with zero attached hydrogens (tertiary/aromatic N) is 2. The van der Waals surface area contributed by atoms with E-state index in [4.69, 9.17) is 0 Å². The van der Waals surface area contributed by atoms with E-state index in [0.29, 0.717) is 4.90 Å². The van der Waals surface area contributed by atoms with Gasteiger partial charge >= 0.3 is 0 Å². The van der Waals surface area contributed by atoms with Gasteiger partial charge in [-0.1, -0.05) is 24.3 Å². The Morgan fingerprint density at radius 1 is 1.06 bits per heavy atom. The summed E-state index contributed by atoms with van der Waals surface area (Å²) in [5, 5.41) is 0. The molecule has 5 heteroatoms. The first-order valence-corrected chi connectivity index (χ1v) is 6.96. The summed E-state index contributed by atoms with van der Waals surface area (Å²) in [5.41, 5.74) is 0.722. The quantitative estimate of drug-likeness (QED) is 0.845. The first kappa shape index (κ1) is 12.7. The van der Waals surface area contributed by atoms with E-state index >= 15 is 0 Å². The molecule has 0 aliphatic rings. The second kappa shape index (κ2) is 5.29. The van der Waals surface area contributed by atoms with Gasteiger partial charge in [0.25, 0.3) is 0 Å². The van der Waals surface area contributed by atoms with Crippen molar-refractivity contribution in [2.24, 2.45) is 0 Å². The van der Waals surface area contributed by atoms with Crippen molar-refractivity contribution in [3.63, 3.8) is 0 Å². The van der Waals surface area contributed by atoms with Crippen LogP contribution in [0.4, 0.5) is 0 Å². The molecule has 0 bridgehead atoms. The fraction of sp³-hybridized carbons (Fsp3) is 0.154. The molecule has 0 fully saturated rings. The lowest BCUT2D eigenvalue weighted by molar-refractivity contribution is 0.462.